The molecule has 24 heavy (non-hydrogen) atoms. The zero-order valence-corrected chi connectivity index (χ0v) is 14.7. The molecular weight excluding hydrogens is 346 g/mol. The van der Waals surface area contributed by atoms with Crippen molar-refractivity contribution in [1.82, 2.24) is 4.98 Å². The van der Waals surface area contributed by atoms with E-state index in [1.807, 2.05) is 6.26 Å². The number of rotatable bonds is 4. The normalized spacial score (nSPS) is 16.1. The van der Waals surface area contributed by atoms with Gasteiger partial charge in [-0.05, 0) is 43.0 Å². The number of nitrogens with zero attached hydrogens (tertiary/aromatic N) is 2. The van der Waals surface area contributed by atoms with Gasteiger partial charge < -0.3 is 5.32 Å². The zero-order chi connectivity index (χ0) is 17.2. The third-order valence-corrected chi connectivity index (χ3v) is 6.21. The van der Waals surface area contributed by atoms with E-state index < -0.39 is 10.0 Å². The lowest BCUT2D eigenvalue weighted by molar-refractivity contribution is 0.102. The molecule has 8 heteroatoms. The topological polar surface area (TPSA) is 79.4 Å². The Morgan fingerprint density at radius 3 is 2.83 bits per heavy atom. The van der Waals surface area contributed by atoms with E-state index in [1.165, 1.54) is 16.1 Å². The van der Waals surface area contributed by atoms with Crippen molar-refractivity contribution in [2.75, 3.05) is 28.2 Å². The number of hydrogen-bond acceptors (Lipinski definition) is 5. The van der Waals surface area contributed by atoms with E-state index in [9.17, 15) is 13.2 Å². The highest BCUT2D eigenvalue weighted by Gasteiger charge is 2.28. The number of amides is 1. The Bertz CT molecular complexity index is 868. The molecule has 0 spiro atoms. The second kappa shape index (κ2) is 6.82. The van der Waals surface area contributed by atoms with Crippen LogP contribution in [0.3, 0.4) is 0 Å². The molecular formula is C16H17N3O3S2. The largest absolute Gasteiger partial charge is 0.322 e. The van der Waals surface area contributed by atoms with Crippen LogP contribution in [0.5, 0.6) is 0 Å². The fraction of sp³-hybridized carbons (Fsp3) is 0.250. The molecule has 3 rings (SSSR count). The van der Waals surface area contributed by atoms with Crippen LogP contribution in [0.25, 0.3) is 0 Å². The average molecular weight is 363 g/mol. The van der Waals surface area contributed by atoms with Crippen LogP contribution in [0.2, 0.25) is 0 Å². The fourth-order valence-corrected chi connectivity index (χ4v) is 4.50. The van der Waals surface area contributed by atoms with E-state index in [1.54, 1.807) is 42.6 Å². The Morgan fingerprint density at radius 2 is 2.12 bits per heavy atom. The van der Waals surface area contributed by atoms with E-state index >= 15 is 0 Å². The summed E-state index contributed by atoms with van der Waals surface area (Å²) in [5.74, 6) is -0.0907. The van der Waals surface area contributed by atoms with Crippen LogP contribution in [0.15, 0.2) is 47.6 Å². The summed E-state index contributed by atoms with van der Waals surface area (Å²) in [6.07, 6.45) is 4.10. The summed E-state index contributed by atoms with van der Waals surface area (Å²) in [4.78, 5) is 16.5. The van der Waals surface area contributed by atoms with Gasteiger partial charge in [0.2, 0.25) is 10.0 Å². The molecule has 1 aromatic carbocycles. The van der Waals surface area contributed by atoms with E-state index in [0.717, 1.165) is 5.03 Å². The Kier molecular flexibility index (Phi) is 4.77. The number of nitrogens with one attached hydrogen (secondary N) is 1. The van der Waals surface area contributed by atoms with Crippen LogP contribution in [0.1, 0.15) is 16.8 Å². The highest BCUT2D eigenvalue weighted by Crippen LogP contribution is 2.26. The van der Waals surface area contributed by atoms with Crippen molar-refractivity contribution < 1.29 is 13.2 Å². The van der Waals surface area contributed by atoms with Gasteiger partial charge in [0, 0.05) is 24.0 Å². The number of aromatic nitrogens is 1. The lowest BCUT2D eigenvalue weighted by Gasteiger charge is -2.17. The van der Waals surface area contributed by atoms with Crippen LogP contribution >= 0.6 is 11.8 Å². The summed E-state index contributed by atoms with van der Waals surface area (Å²) in [6, 6.07) is 10.2. The van der Waals surface area contributed by atoms with Crippen molar-refractivity contribution in [3.05, 3.63) is 48.2 Å². The van der Waals surface area contributed by atoms with E-state index in [0.29, 0.717) is 29.9 Å². The van der Waals surface area contributed by atoms with Gasteiger partial charge in [0.15, 0.2) is 0 Å². The van der Waals surface area contributed by atoms with Crippen molar-refractivity contribution in [2.45, 2.75) is 11.4 Å². The van der Waals surface area contributed by atoms with Crippen molar-refractivity contribution in [2.24, 2.45) is 0 Å². The van der Waals surface area contributed by atoms with Crippen LogP contribution in [-0.4, -0.2) is 37.9 Å². The summed E-state index contributed by atoms with van der Waals surface area (Å²) >= 11 is 1.46. The second-order valence-electron chi connectivity index (χ2n) is 5.33. The van der Waals surface area contributed by atoms with Crippen LogP contribution in [0, 0.1) is 0 Å². The lowest BCUT2D eigenvalue weighted by Crippen LogP contribution is -2.25. The Labute approximate surface area is 145 Å². The fourth-order valence-electron chi connectivity index (χ4n) is 2.53. The second-order valence-corrected chi connectivity index (χ2v) is 8.17. The summed E-state index contributed by atoms with van der Waals surface area (Å²) in [5, 5.41) is 3.57. The molecule has 0 radical (unpaired) electrons. The van der Waals surface area contributed by atoms with Gasteiger partial charge in [-0.1, -0.05) is 6.07 Å². The molecule has 1 saturated heterocycles. The van der Waals surface area contributed by atoms with Crippen molar-refractivity contribution in [3.8, 4) is 0 Å². The van der Waals surface area contributed by atoms with E-state index in [4.69, 9.17) is 0 Å². The molecule has 1 amide bonds. The van der Waals surface area contributed by atoms with E-state index in [-0.39, 0.29) is 11.7 Å². The Morgan fingerprint density at radius 1 is 1.29 bits per heavy atom. The number of hydrogen-bond donors (Lipinski definition) is 1. The molecule has 1 fully saturated rings. The predicted molar refractivity (Wildman–Crippen MR) is 96.2 cm³/mol. The first-order valence-electron chi connectivity index (χ1n) is 7.41. The number of pyridine rings is 1. The van der Waals surface area contributed by atoms with Gasteiger partial charge in [0.25, 0.3) is 5.91 Å². The van der Waals surface area contributed by atoms with Gasteiger partial charge in [-0.25, -0.2) is 13.4 Å². The highest BCUT2D eigenvalue weighted by molar-refractivity contribution is 7.98. The number of sulfonamides is 1. The number of carbonyl (C=O) groups is 1. The average Bonchev–Trinajstić information content (AvgIpc) is 2.94. The molecule has 0 saturated carbocycles. The monoisotopic (exact) mass is 363 g/mol. The lowest BCUT2D eigenvalue weighted by atomic mass is 10.2. The minimum atomic E-state index is -3.24. The summed E-state index contributed by atoms with van der Waals surface area (Å²) in [7, 11) is -3.24. The van der Waals surface area contributed by atoms with Gasteiger partial charge in [-0.2, -0.15) is 0 Å². The van der Waals surface area contributed by atoms with Crippen molar-refractivity contribution >= 4 is 39.1 Å². The van der Waals surface area contributed by atoms with E-state index in [2.05, 4.69) is 10.3 Å². The molecule has 2 heterocycles. The number of benzene rings is 1. The molecule has 1 aliphatic rings. The van der Waals surface area contributed by atoms with Crippen LogP contribution < -0.4 is 9.62 Å². The van der Waals surface area contributed by atoms with Gasteiger partial charge in [-0.3, -0.25) is 9.10 Å². The first-order valence-corrected chi connectivity index (χ1v) is 10.2. The third-order valence-electron chi connectivity index (χ3n) is 3.70. The quantitative estimate of drug-likeness (QED) is 0.845. The molecule has 1 N–H and O–H groups in total. The number of thioether (sulfide) groups is 1. The van der Waals surface area contributed by atoms with Gasteiger partial charge in [0.05, 0.1) is 16.5 Å². The van der Waals surface area contributed by atoms with Gasteiger partial charge in [-0.15, -0.1) is 11.8 Å². The zero-order valence-electron chi connectivity index (χ0n) is 13.1. The minimum absolute atomic E-state index is 0.165. The first-order chi connectivity index (χ1) is 11.5. The molecule has 126 valence electrons. The standard InChI is InChI=1S/C16H17N3O3S2/c1-23-15-10-12(6-7-17-15)16(20)18-13-4-2-5-14(11-13)19-8-3-9-24(19,21)22/h2,4-7,10-11H,3,8-9H2,1H3,(H,18,20). The molecule has 0 aliphatic carbocycles. The van der Waals surface area contributed by atoms with Gasteiger partial charge in [0.1, 0.15) is 0 Å². The molecule has 2 aromatic rings. The maximum Gasteiger partial charge on any atom is 0.255 e. The number of anilines is 2. The molecule has 1 aliphatic heterocycles. The van der Waals surface area contributed by atoms with Gasteiger partial charge >= 0.3 is 0 Å². The van der Waals surface area contributed by atoms with Crippen molar-refractivity contribution in [3.63, 3.8) is 0 Å². The molecule has 1 aromatic heterocycles. The maximum absolute atomic E-state index is 12.4. The smallest absolute Gasteiger partial charge is 0.255 e. The van der Waals surface area contributed by atoms with Crippen molar-refractivity contribution in [1.29, 1.82) is 0 Å². The highest BCUT2D eigenvalue weighted by atomic mass is 32.2. The van der Waals surface area contributed by atoms with Crippen LogP contribution in [0.4, 0.5) is 11.4 Å². The molecule has 0 unspecified atom stereocenters. The Hall–Kier alpha value is -2.06. The molecule has 0 atom stereocenters. The van der Waals surface area contributed by atoms with Crippen LogP contribution in [-0.2, 0) is 10.0 Å². The first kappa shape index (κ1) is 16.8. The third kappa shape index (κ3) is 3.54. The summed E-state index contributed by atoms with van der Waals surface area (Å²) in [6.45, 7) is 0.473. The molecule has 0 bridgehead atoms. The Balaban J connectivity index is 1.81. The summed E-state index contributed by atoms with van der Waals surface area (Å²) < 4.78 is 25.4. The minimum Gasteiger partial charge on any atom is -0.322 e. The molecule has 6 nitrogen and oxygen atoms in total. The SMILES string of the molecule is CSc1cc(C(=O)Nc2cccc(N3CCCS3(=O)=O)c2)ccn1. The predicted octanol–water partition coefficient (Wildman–Crippen LogP) is 2.60. The number of carbonyl (C=O) groups excluding carboxylic acids is 1. The summed E-state index contributed by atoms with van der Waals surface area (Å²) in [5.41, 5.74) is 1.64. The maximum atomic E-state index is 12.4.